The summed E-state index contributed by atoms with van der Waals surface area (Å²) in [6.45, 7) is 4.12. The summed E-state index contributed by atoms with van der Waals surface area (Å²) in [7, 11) is 1.91. The Hall–Kier alpha value is -1.19. The molecule has 1 unspecified atom stereocenters. The second-order valence-electron chi connectivity index (χ2n) is 4.58. The Labute approximate surface area is 123 Å². The minimum atomic E-state index is 0.192. The molecule has 0 spiro atoms. The summed E-state index contributed by atoms with van der Waals surface area (Å²) in [4.78, 5) is 0. The summed E-state index contributed by atoms with van der Waals surface area (Å²) in [6, 6.07) is 5.94. The van der Waals surface area contributed by atoms with Gasteiger partial charge < -0.3 is 5.32 Å². The van der Waals surface area contributed by atoms with Crippen molar-refractivity contribution < 1.29 is 0 Å². The van der Waals surface area contributed by atoms with Gasteiger partial charge in [0.25, 0.3) is 0 Å². The van der Waals surface area contributed by atoms with Crippen molar-refractivity contribution in [1.82, 2.24) is 9.78 Å². The van der Waals surface area contributed by atoms with E-state index >= 15 is 0 Å². The third-order valence-electron chi connectivity index (χ3n) is 3.10. The van der Waals surface area contributed by atoms with Gasteiger partial charge in [-0.25, -0.2) is 0 Å². The van der Waals surface area contributed by atoms with Gasteiger partial charge in [0.1, 0.15) is 0 Å². The molecule has 1 aromatic carbocycles. The number of aromatic nitrogens is 2. The normalized spacial score (nSPS) is 12.5. The Morgan fingerprint density at radius 1 is 1.32 bits per heavy atom. The van der Waals surface area contributed by atoms with Gasteiger partial charge in [-0.1, -0.05) is 36.2 Å². The molecule has 2 rings (SSSR count). The van der Waals surface area contributed by atoms with E-state index in [4.69, 9.17) is 23.2 Å². The van der Waals surface area contributed by atoms with Gasteiger partial charge in [-0.2, -0.15) is 5.10 Å². The zero-order valence-corrected chi connectivity index (χ0v) is 12.8. The molecule has 0 saturated carbocycles. The maximum atomic E-state index is 6.08. The van der Waals surface area contributed by atoms with Gasteiger partial charge in [0, 0.05) is 13.2 Å². The molecule has 0 saturated heterocycles. The first-order chi connectivity index (χ1) is 9.01. The van der Waals surface area contributed by atoms with Gasteiger partial charge >= 0.3 is 0 Å². The van der Waals surface area contributed by atoms with Crippen LogP contribution < -0.4 is 5.32 Å². The first-order valence-corrected chi connectivity index (χ1v) is 6.98. The molecule has 1 heterocycles. The van der Waals surface area contributed by atoms with E-state index in [-0.39, 0.29) is 6.04 Å². The number of nitrogens with zero attached hydrogens (tertiary/aromatic N) is 2. The van der Waals surface area contributed by atoms with Gasteiger partial charge in [-0.3, -0.25) is 4.68 Å². The number of anilines is 1. The fourth-order valence-electron chi connectivity index (χ4n) is 2.08. The van der Waals surface area contributed by atoms with Crippen molar-refractivity contribution in [3.63, 3.8) is 0 Å². The molecule has 5 heteroatoms. The summed E-state index contributed by atoms with van der Waals surface area (Å²) >= 11 is 12.0. The molecular weight excluding hydrogens is 281 g/mol. The lowest BCUT2D eigenvalue weighted by molar-refractivity contribution is 0.747. The lowest BCUT2D eigenvalue weighted by atomic mass is 10.0. The zero-order valence-electron chi connectivity index (χ0n) is 11.2. The second kappa shape index (κ2) is 5.85. The van der Waals surface area contributed by atoms with Gasteiger partial charge in [0.15, 0.2) is 0 Å². The Balaban J connectivity index is 2.24. The summed E-state index contributed by atoms with van der Waals surface area (Å²) in [5, 5.41) is 8.99. The van der Waals surface area contributed by atoms with Crippen LogP contribution in [0.2, 0.25) is 10.0 Å². The molecule has 0 amide bonds. The third kappa shape index (κ3) is 3.23. The SMILES string of the molecule is CCC(Nc1cn(C)nc1C)c1ccc(Cl)c(Cl)c1. The van der Waals surface area contributed by atoms with E-state index in [2.05, 4.69) is 17.3 Å². The molecule has 102 valence electrons. The number of hydrogen-bond donors (Lipinski definition) is 1. The number of rotatable bonds is 4. The van der Waals surface area contributed by atoms with E-state index in [9.17, 15) is 0 Å². The lowest BCUT2D eigenvalue weighted by Crippen LogP contribution is -2.10. The van der Waals surface area contributed by atoms with Crippen LogP contribution in [0, 0.1) is 6.92 Å². The fraction of sp³-hybridized carbons (Fsp3) is 0.357. The number of hydrogen-bond acceptors (Lipinski definition) is 2. The van der Waals surface area contributed by atoms with E-state index in [1.165, 1.54) is 0 Å². The highest BCUT2D eigenvalue weighted by Crippen LogP contribution is 2.29. The fourth-order valence-corrected chi connectivity index (χ4v) is 2.39. The van der Waals surface area contributed by atoms with Crippen LogP contribution in [0.25, 0.3) is 0 Å². The molecule has 19 heavy (non-hydrogen) atoms. The standard InChI is InChI=1S/C14H17Cl2N3/c1-4-13(10-5-6-11(15)12(16)7-10)17-14-8-19(3)18-9(14)2/h5-8,13,17H,4H2,1-3H3. The first-order valence-electron chi connectivity index (χ1n) is 6.23. The Bertz CT molecular complexity index is 578. The van der Waals surface area contributed by atoms with Crippen LogP contribution in [0.5, 0.6) is 0 Å². The van der Waals surface area contributed by atoms with Crippen molar-refractivity contribution >= 4 is 28.9 Å². The number of halogens is 2. The monoisotopic (exact) mass is 297 g/mol. The van der Waals surface area contributed by atoms with E-state index in [0.717, 1.165) is 23.4 Å². The van der Waals surface area contributed by atoms with Gasteiger partial charge in [0.2, 0.25) is 0 Å². The minimum absolute atomic E-state index is 0.192. The molecule has 3 nitrogen and oxygen atoms in total. The van der Waals surface area contributed by atoms with Crippen molar-refractivity contribution in [2.24, 2.45) is 7.05 Å². The quantitative estimate of drug-likeness (QED) is 0.894. The van der Waals surface area contributed by atoms with Gasteiger partial charge in [-0.15, -0.1) is 0 Å². The number of benzene rings is 1. The maximum absolute atomic E-state index is 6.08. The topological polar surface area (TPSA) is 29.9 Å². The molecule has 0 radical (unpaired) electrons. The molecule has 1 atom stereocenters. The Morgan fingerprint density at radius 2 is 2.05 bits per heavy atom. The molecule has 1 N–H and O–H groups in total. The molecule has 0 bridgehead atoms. The molecule has 0 aliphatic carbocycles. The van der Waals surface area contributed by atoms with Crippen LogP contribution in [0.15, 0.2) is 24.4 Å². The highest BCUT2D eigenvalue weighted by molar-refractivity contribution is 6.42. The first kappa shape index (κ1) is 14.2. The van der Waals surface area contributed by atoms with Crippen LogP contribution in [-0.4, -0.2) is 9.78 Å². The molecule has 0 fully saturated rings. The van der Waals surface area contributed by atoms with Crippen molar-refractivity contribution in [3.8, 4) is 0 Å². The average Bonchev–Trinajstić information content (AvgIpc) is 2.68. The third-order valence-corrected chi connectivity index (χ3v) is 3.84. The molecular formula is C14H17Cl2N3. The summed E-state index contributed by atoms with van der Waals surface area (Å²) < 4.78 is 1.80. The number of nitrogens with one attached hydrogen (secondary N) is 1. The van der Waals surface area contributed by atoms with Crippen LogP contribution in [0.3, 0.4) is 0 Å². The predicted molar refractivity (Wildman–Crippen MR) is 81.1 cm³/mol. The second-order valence-corrected chi connectivity index (χ2v) is 5.39. The van der Waals surface area contributed by atoms with Crippen LogP contribution in [0.1, 0.15) is 30.6 Å². The highest BCUT2D eigenvalue weighted by atomic mass is 35.5. The van der Waals surface area contributed by atoms with Crippen LogP contribution in [-0.2, 0) is 7.05 Å². The van der Waals surface area contributed by atoms with E-state index in [1.807, 2.05) is 38.4 Å². The maximum Gasteiger partial charge on any atom is 0.0825 e. The van der Waals surface area contributed by atoms with Gasteiger partial charge in [-0.05, 0) is 31.0 Å². The Morgan fingerprint density at radius 3 is 2.58 bits per heavy atom. The summed E-state index contributed by atoms with van der Waals surface area (Å²) in [5.41, 5.74) is 3.15. The van der Waals surface area contributed by atoms with Gasteiger partial charge in [0.05, 0.1) is 27.5 Å². The van der Waals surface area contributed by atoms with Crippen molar-refractivity contribution in [2.75, 3.05) is 5.32 Å². The van der Waals surface area contributed by atoms with Crippen molar-refractivity contribution in [3.05, 3.63) is 45.7 Å². The molecule has 0 aliphatic rings. The summed E-state index contributed by atoms with van der Waals surface area (Å²) in [5.74, 6) is 0. The highest BCUT2D eigenvalue weighted by Gasteiger charge is 2.13. The molecule has 1 aromatic heterocycles. The predicted octanol–water partition coefficient (Wildman–Crippen LogP) is 4.60. The smallest absolute Gasteiger partial charge is 0.0825 e. The number of aryl methyl sites for hydroxylation is 2. The van der Waals surface area contributed by atoms with Crippen molar-refractivity contribution in [1.29, 1.82) is 0 Å². The van der Waals surface area contributed by atoms with E-state index in [1.54, 1.807) is 4.68 Å². The lowest BCUT2D eigenvalue weighted by Gasteiger charge is -2.18. The minimum Gasteiger partial charge on any atom is -0.375 e. The summed E-state index contributed by atoms with van der Waals surface area (Å²) in [6.07, 6.45) is 2.93. The van der Waals surface area contributed by atoms with E-state index in [0.29, 0.717) is 10.0 Å². The average molecular weight is 298 g/mol. The largest absolute Gasteiger partial charge is 0.375 e. The van der Waals surface area contributed by atoms with E-state index < -0.39 is 0 Å². The Kier molecular flexibility index (Phi) is 4.38. The van der Waals surface area contributed by atoms with Crippen LogP contribution in [0.4, 0.5) is 5.69 Å². The zero-order chi connectivity index (χ0) is 14.0. The molecule has 0 aliphatic heterocycles. The molecule has 2 aromatic rings. The van der Waals surface area contributed by atoms with Crippen molar-refractivity contribution in [2.45, 2.75) is 26.3 Å². The van der Waals surface area contributed by atoms with Crippen LogP contribution >= 0.6 is 23.2 Å².